The number of ether oxygens (including phenoxy) is 1. The highest BCUT2D eigenvalue weighted by molar-refractivity contribution is 5.98. The van der Waals surface area contributed by atoms with Gasteiger partial charge in [-0.1, -0.05) is 60.7 Å². The number of oxazole rings is 1. The average molecular weight is 348 g/mol. The molecule has 5 nitrogen and oxygen atoms in total. The summed E-state index contributed by atoms with van der Waals surface area (Å²) in [4.78, 5) is 9.15. The molecule has 1 aliphatic rings. The molecule has 5 heteroatoms. The number of aliphatic hydroxyl groups excluding tert-OH is 1. The third kappa shape index (κ3) is 3.13. The van der Waals surface area contributed by atoms with Crippen molar-refractivity contribution >= 4 is 5.90 Å². The van der Waals surface area contributed by atoms with Gasteiger partial charge in [0.2, 0.25) is 11.8 Å². The molecular formula is C21H20N2O3. The number of nitrogens with zero attached hydrogens (tertiary/aromatic N) is 2. The third-order valence-corrected chi connectivity index (χ3v) is 4.20. The maximum atomic E-state index is 10.7. The van der Waals surface area contributed by atoms with E-state index in [9.17, 15) is 5.11 Å². The van der Waals surface area contributed by atoms with Crippen LogP contribution in [0.3, 0.4) is 0 Å². The van der Waals surface area contributed by atoms with E-state index in [1.54, 1.807) is 0 Å². The van der Waals surface area contributed by atoms with Crippen molar-refractivity contribution in [2.24, 2.45) is 4.99 Å². The van der Waals surface area contributed by atoms with Gasteiger partial charge in [0.1, 0.15) is 6.61 Å². The summed E-state index contributed by atoms with van der Waals surface area (Å²) >= 11 is 0. The van der Waals surface area contributed by atoms with Crippen LogP contribution in [0.15, 0.2) is 70.1 Å². The number of benzene rings is 2. The Morgan fingerprint density at radius 2 is 1.65 bits per heavy atom. The van der Waals surface area contributed by atoms with Gasteiger partial charge in [0.15, 0.2) is 17.6 Å². The lowest BCUT2D eigenvalue weighted by Crippen LogP contribution is -2.17. The first-order valence-electron chi connectivity index (χ1n) is 8.56. The first-order valence-corrected chi connectivity index (χ1v) is 8.56. The summed E-state index contributed by atoms with van der Waals surface area (Å²) in [5.74, 6) is 1.22. The van der Waals surface area contributed by atoms with Crippen LogP contribution >= 0.6 is 0 Å². The van der Waals surface area contributed by atoms with Gasteiger partial charge in [-0.2, -0.15) is 0 Å². The Hall–Kier alpha value is -2.92. The van der Waals surface area contributed by atoms with Crippen molar-refractivity contribution < 1.29 is 14.3 Å². The van der Waals surface area contributed by atoms with Crippen molar-refractivity contribution in [3.8, 4) is 11.3 Å². The van der Waals surface area contributed by atoms with Crippen LogP contribution < -0.4 is 0 Å². The fourth-order valence-corrected chi connectivity index (χ4v) is 2.87. The second kappa shape index (κ2) is 6.42. The quantitative estimate of drug-likeness (QED) is 0.774. The molecule has 1 N–H and O–H groups in total. The van der Waals surface area contributed by atoms with E-state index in [1.165, 1.54) is 0 Å². The Balaban J connectivity index is 1.81. The Labute approximate surface area is 152 Å². The standard InChI is InChI=1S/C21H20N2O3/c1-21(2)13-25-19(23-21)16-18(15-11-7-4-8-12-15)26-20(22-16)17(24)14-9-5-3-6-10-14/h3-12,17,24H,13H2,1-2H3. The number of hydrogen-bond donors (Lipinski definition) is 1. The number of rotatable bonds is 4. The van der Waals surface area contributed by atoms with Gasteiger partial charge in [-0.3, -0.25) is 0 Å². The van der Waals surface area contributed by atoms with Crippen molar-refractivity contribution in [1.82, 2.24) is 4.98 Å². The minimum absolute atomic E-state index is 0.223. The van der Waals surface area contributed by atoms with Crippen LogP contribution in [0, 0.1) is 0 Å². The molecule has 2 heterocycles. The van der Waals surface area contributed by atoms with E-state index >= 15 is 0 Å². The molecular weight excluding hydrogens is 328 g/mol. The number of aromatic nitrogens is 1. The zero-order valence-corrected chi connectivity index (χ0v) is 14.7. The van der Waals surface area contributed by atoms with Crippen LogP contribution in [-0.2, 0) is 4.74 Å². The van der Waals surface area contributed by atoms with E-state index in [4.69, 9.17) is 9.15 Å². The zero-order valence-electron chi connectivity index (χ0n) is 14.7. The largest absolute Gasteiger partial charge is 0.474 e. The van der Waals surface area contributed by atoms with Crippen LogP contribution in [0.25, 0.3) is 11.3 Å². The molecule has 0 amide bonds. The molecule has 4 rings (SSSR count). The van der Waals surface area contributed by atoms with E-state index in [-0.39, 0.29) is 11.4 Å². The second-order valence-corrected chi connectivity index (χ2v) is 6.93. The molecule has 1 atom stereocenters. The first kappa shape index (κ1) is 16.5. The van der Waals surface area contributed by atoms with Gasteiger partial charge >= 0.3 is 0 Å². The van der Waals surface area contributed by atoms with E-state index in [1.807, 2.05) is 74.5 Å². The summed E-state index contributed by atoms with van der Waals surface area (Å²) in [5, 5.41) is 10.7. The van der Waals surface area contributed by atoms with Gasteiger partial charge in [0.05, 0.1) is 5.54 Å². The molecule has 1 aliphatic heterocycles. The molecule has 132 valence electrons. The van der Waals surface area contributed by atoms with Crippen LogP contribution in [0.4, 0.5) is 0 Å². The van der Waals surface area contributed by atoms with Crippen LogP contribution in [-0.4, -0.2) is 28.1 Å². The maximum absolute atomic E-state index is 10.7. The van der Waals surface area contributed by atoms with Gasteiger partial charge in [-0.25, -0.2) is 9.98 Å². The van der Waals surface area contributed by atoms with Gasteiger partial charge in [-0.15, -0.1) is 0 Å². The third-order valence-electron chi connectivity index (χ3n) is 4.20. The topological polar surface area (TPSA) is 67.8 Å². The molecule has 0 spiro atoms. The highest BCUT2D eigenvalue weighted by Crippen LogP contribution is 2.32. The van der Waals surface area contributed by atoms with E-state index < -0.39 is 6.10 Å². The highest BCUT2D eigenvalue weighted by Gasteiger charge is 2.32. The van der Waals surface area contributed by atoms with E-state index in [2.05, 4.69) is 9.98 Å². The van der Waals surface area contributed by atoms with E-state index in [0.29, 0.717) is 24.0 Å². The maximum Gasteiger partial charge on any atom is 0.240 e. The molecule has 0 fully saturated rings. The molecule has 0 radical (unpaired) electrons. The fourth-order valence-electron chi connectivity index (χ4n) is 2.87. The Morgan fingerprint density at radius 3 is 2.27 bits per heavy atom. The number of hydrogen-bond acceptors (Lipinski definition) is 5. The molecule has 0 aliphatic carbocycles. The van der Waals surface area contributed by atoms with Crippen molar-refractivity contribution in [3.63, 3.8) is 0 Å². The summed E-state index contributed by atoms with van der Waals surface area (Å²) in [5.41, 5.74) is 1.79. The lowest BCUT2D eigenvalue weighted by molar-refractivity contribution is 0.184. The van der Waals surface area contributed by atoms with E-state index in [0.717, 1.165) is 11.1 Å². The average Bonchev–Trinajstić information content (AvgIpc) is 3.26. The minimum Gasteiger partial charge on any atom is -0.474 e. The smallest absolute Gasteiger partial charge is 0.240 e. The van der Waals surface area contributed by atoms with Crippen molar-refractivity contribution in [2.75, 3.05) is 6.61 Å². The Kier molecular flexibility index (Phi) is 4.09. The van der Waals surface area contributed by atoms with Gasteiger partial charge in [-0.05, 0) is 19.4 Å². The van der Waals surface area contributed by atoms with Crippen molar-refractivity contribution in [2.45, 2.75) is 25.5 Å². The second-order valence-electron chi connectivity index (χ2n) is 6.93. The minimum atomic E-state index is -0.956. The molecule has 1 aromatic heterocycles. The van der Waals surface area contributed by atoms with Crippen molar-refractivity contribution in [3.05, 3.63) is 77.8 Å². The predicted octanol–water partition coefficient (Wildman–Crippen LogP) is 3.98. The SMILES string of the molecule is CC1(C)COC(c2nc(C(O)c3ccccc3)oc2-c2ccccc2)=N1. The Bertz CT molecular complexity index is 930. The monoisotopic (exact) mass is 348 g/mol. The molecule has 26 heavy (non-hydrogen) atoms. The van der Waals surface area contributed by atoms with Gasteiger partial charge < -0.3 is 14.3 Å². The van der Waals surface area contributed by atoms with Gasteiger partial charge in [0, 0.05) is 5.56 Å². The lowest BCUT2D eigenvalue weighted by atomic mass is 10.1. The predicted molar refractivity (Wildman–Crippen MR) is 99.0 cm³/mol. The lowest BCUT2D eigenvalue weighted by Gasteiger charge is -2.07. The van der Waals surface area contributed by atoms with Crippen molar-refractivity contribution in [1.29, 1.82) is 0 Å². The zero-order chi connectivity index (χ0) is 18.1. The normalized spacial score (nSPS) is 16.8. The number of aliphatic imine (C=N–C) groups is 1. The molecule has 1 unspecified atom stereocenters. The van der Waals surface area contributed by atoms with Crippen LogP contribution in [0.2, 0.25) is 0 Å². The van der Waals surface area contributed by atoms with Gasteiger partial charge in [0.25, 0.3) is 0 Å². The summed E-state index contributed by atoms with van der Waals surface area (Å²) in [6, 6.07) is 19.0. The summed E-state index contributed by atoms with van der Waals surface area (Å²) < 4.78 is 11.7. The van der Waals surface area contributed by atoms with Crippen LogP contribution in [0.5, 0.6) is 0 Å². The fraction of sp³-hybridized carbons (Fsp3) is 0.238. The molecule has 0 saturated carbocycles. The molecule has 3 aromatic rings. The summed E-state index contributed by atoms with van der Waals surface area (Å²) in [6.45, 7) is 4.49. The highest BCUT2D eigenvalue weighted by atomic mass is 16.5. The molecule has 0 bridgehead atoms. The first-order chi connectivity index (χ1) is 12.5. The summed E-state index contributed by atoms with van der Waals surface area (Å²) in [6.07, 6.45) is -0.956. The molecule has 2 aromatic carbocycles. The Morgan fingerprint density at radius 1 is 1.00 bits per heavy atom. The van der Waals surface area contributed by atoms with Crippen LogP contribution in [0.1, 0.15) is 37.1 Å². The summed E-state index contributed by atoms with van der Waals surface area (Å²) in [7, 11) is 0. The molecule has 0 saturated heterocycles. The number of aliphatic hydroxyl groups is 1.